The summed E-state index contributed by atoms with van der Waals surface area (Å²) in [6, 6.07) is 0. The van der Waals surface area contributed by atoms with Gasteiger partial charge in [0.05, 0.1) is 0 Å². The SMILES string of the molecule is CCC[N-]CC.[Li+]. The first-order chi connectivity index (χ1) is 2.91. The summed E-state index contributed by atoms with van der Waals surface area (Å²) < 4.78 is 0. The van der Waals surface area contributed by atoms with Crippen molar-refractivity contribution in [3.63, 3.8) is 0 Å². The van der Waals surface area contributed by atoms with Crippen molar-refractivity contribution in [2.24, 2.45) is 0 Å². The molecule has 0 bridgehead atoms. The molecule has 0 aliphatic carbocycles. The van der Waals surface area contributed by atoms with Gasteiger partial charge in [0, 0.05) is 0 Å². The van der Waals surface area contributed by atoms with Crippen molar-refractivity contribution < 1.29 is 18.9 Å². The maximum atomic E-state index is 4.09. The summed E-state index contributed by atoms with van der Waals surface area (Å²) in [6.07, 6.45) is 1.19. The van der Waals surface area contributed by atoms with Crippen molar-refractivity contribution in [2.75, 3.05) is 13.1 Å². The number of nitrogens with zero attached hydrogens (tertiary/aromatic N) is 1. The topological polar surface area (TPSA) is 14.1 Å². The van der Waals surface area contributed by atoms with Crippen LogP contribution in [0.5, 0.6) is 0 Å². The smallest absolute Gasteiger partial charge is 0.662 e. The Balaban J connectivity index is 0. The molecule has 0 unspecified atom stereocenters. The largest absolute Gasteiger partial charge is 1.00 e. The fourth-order valence-corrected chi connectivity index (χ4v) is 0.316. The van der Waals surface area contributed by atoms with Gasteiger partial charge in [-0.3, -0.25) is 0 Å². The molecular formula is C5H12LiN. The van der Waals surface area contributed by atoms with Gasteiger partial charge in [-0.2, -0.15) is 6.54 Å². The van der Waals surface area contributed by atoms with E-state index >= 15 is 0 Å². The van der Waals surface area contributed by atoms with Crippen LogP contribution in [0.25, 0.3) is 5.32 Å². The van der Waals surface area contributed by atoms with Crippen LogP contribution in [0.4, 0.5) is 0 Å². The van der Waals surface area contributed by atoms with Crippen LogP contribution < -0.4 is 18.9 Å². The second-order valence-corrected chi connectivity index (χ2v) is 1.26. The van der Waals surface area contributed by atoms with Gasteiger partial charge in [-0.15, -0.1) is 6.54 Å². The molecule has 0 aromatic heterocycles. The van der Waals surface area contributed by atoms with E-state index in [-0.39, 0.29) is 18.9 Å². The Morgan fingerprint density at radius 2 is 1.86 bits per heavy atom. The third-order valence-corrected chi connectivity index (χ3v) is 0.605. The number of hydrogen-bond acceptors (Lipinski definition) is 0. The van der Waals surface area contributed by atoms with E-state index in [1.807, 2.05) is 0 Å². The molecule has 0 saturated heterocycles. The van der Waals surface area contributed by atoms with Gasteiger partial charge in [-0.25, -0.2) is 0 Å². The molecule has 0 aliphatic rings. The molecule has 0 N–H and O–H groups in total. The van der Waals surface area contributed by atoms with Crippen LogP contribution in [0, 0.1) is 0 Å². The Bertz CT molecular complexity index is 20.0. The minimum absolute atomic E-state index is 0. The molecule has 1 nitrogen and oxygen atoms in total. The van der Waals surface area contributed by atoms with Crippen molar-refractivity contribution in [3.8, 4) is 0 Å². The van der Waals surface area contributed by atoms with Gasteiger partial charge in [0.25, 0.3) is 0 Å². The summed E-state index contributed by atoms with van der Waals surface area (Å²) in [5, 5.41) is 4.09. The third kappa shape index (κ3) is 10.8. The monoisotopic (exact) mass is 93.1 g/mol. The van der Waals surface area contributed by atoms with E-state index < -0.39 is 0 Å². The fourth-order valence-electron chi connectivity index (χ4n) is 0.316. The molecule has 2 heteroatoms. The summed E-state index contributed by atoms with van der Waals surface area (Å²) in [5.74, 6) is 0. The molecule has 7 heavy (non-hydrogen) atoms. The first-order valence-electron chi connectivity index (χ1n) is 2.55. The van der Waals surface area contributed by atoms with Gasteiger partial charge >= 0.3 is 18.9 Å². The van der Waals surface area contributed by atoms with Crippen molar-refractivity contribution in [2.45, 2.75) is 20.3 Å². The summed E-state index contributed by atoms with van der Waals surface area (Å²) in [5.41, 5.74) is 0. The van der Waals surface area contributed by atoms with Crippen molar-refractivity contribution in [1.82, 2.24) is 0 Å². The van der Waals surface area contributed by atoms with E-state index in [0.29, 0.717) is 0 Å². The first kappa shape index (κ1) is 10.5. The molecule has 0 aromatic carbocycles. The number of rotatable bonds is 3. The Morgan fingerprint density at radius 1 is 1.29 bits per heavy atom. The van der Waals surface area contributed by atoms with Gasteiger partial charge in [0.1, 0.15) is 0 Å². The average Bonchev–Trinajstić information content (AvgIpc) is 1.61. The third-order valence-electron chi connectivity index (χ3n) is 0.605. The predicted molar refractivity (Wildman–Crippen MR) is 29.1 cm³/mol. The second kappa shape index (κ2) is 9.75. The molecule has 0 aliphatic heterocycles. The van der Waals surface area contributed by atoms with Gasteiger partial charge in [0.2, 0.25) is 0 Å². The fraction of sp³-hybridized carbons (Fsp3) is 1.00. The Labute approximate surface area is 58.0 Å². The van der Waals surface area contributed by atoms with Gasteiger partial charge < -0.3 is 5.32 Å². The number of hydrogen-bond donors (Lipinski definition) is 0. The first-order valence-corrected chi connectivity index (χ1v) is 2.55. The second-order valence-electron chi connectivity index (χ2n) is 1.26. The quantitative estimate of drug-likeness (QED) is 0.307. The van der Waals surface area contributed by atoms with Gasteiger partial charge in [-0.05, 0) is 0 Å². The van der Waals surface area contributed by atoms with Crippen LogP contribution in [0.3, 0.4) is 0 Å². The Morgan fingerprint density at radius 3 is 2.00 bits per heavy atom. The minimum atomic E-state index is 0. The van der Waals surface area contributed by atoms with Crippen LogP contribution in [-0.4, -0.2) is 13.1 Å². The van der Waals surface area contributed by atoms with E-state index in [2.05, 4.69) is 19.2 Å². The molecular weight excluding hydrogens is 81.0 g/mol. The van der Waals surface area contributed by atoms with E-state index in [0.717, 1.165) is 13.1 Å². The van der Waals surface area contributed by atoms with Gasteiger partial charge in [0.15, 0.2) is 0 Å². The molecule has 0 saturated carbocycles. The maximum Gasteiger partial charge on any atom is 1.00 e. The molecule has 38 valence electrons. The predicted octanol–water partition coefficient (Wildman–Crippen LogP) is -1.21. The van der Waals surface area contributed by atoms with Crippen LogP contribution in [0.15, 0.2) is 0 Å². The van der Waals surface area contributed by atoms with E-state index in [1.165, 1.54) is 6.42 Å². The Kier molecular flexibility index (Phi) is 14.7. The zero-order valence-corrected chi connectivity index (χ0v) is 5.57. The maximum absolute atomic E-state index is 4.09. The summed E-state index contributed by atoms with van der Waals surface area (Å²) in [6.45, 7) is 6.22. The molecule has 0 spiro atoms. The zero-order valence-electron chi connectivity index (χ0n) is 5.57. The summed E-state index contributed by atoms with van der Waals surface area (Å²) in [4.78, 5) is 0. The van der Waals surface area contributed by atoms with Crippen molar-refractivity contribution >= 4 is 0 Å². The molecule has 0 heterocycles. The molecule has 0 fully saturated rings. The van der Waals surface area contributed by atoms with Crippen LogP contribution >= 0.6 is 0 Å². The van der Waals surface area contributed by atoms with Gasteiger partial charge in [-0.1, -0.05) is 20.3 Å². The summed E-state index contributed by atoms with van der Waals surface area (Å²) in [7, 11) is 0. The van der Waals surface area contributed by atoms with E-state index in [4.69, 9.17) is 0 Å². The van der Waals surface area contributed by atoms with E-state index in [1.54, 1.807) is 0 Å². The molecule has 0 radical (unpaired) electrons. The van der Waals surface area contributed by atoms with Crippen molar-refractivity contribution in [3.05, 3.63) is 5.32 Å². The zero-order chi connectivity index (χ0) is 4.83. The standard InChI is InChI=1S/C5H12N.Li/c1-3-5-6-4-2;/h3-5H2,1-2H3;/q-1;+1. The Hall–Kier alpha value is 0.557. The minimum Gasteiger partial charge on any atom is -0.662 e. The summed E-state index contributed by atoms with van der Waals surface area (Å²) >= 11 is 0. The average molecular weight is 93.1 g/mol. The van der Waals surface area contributed by atoms with Crippen LogP contribution in [0.1, 0.15) is 20.3 Å². The normalized spacial score (nSPS) is 7.71. The van der Waals surface area contributed by atoms with Crippen LogP contribution in [-0.2, 0) is 0 Å². The van der Waals surface area contributed by atoms with Crippen molar-refractivity contribution in [1.29, 1.82) is 0 Å². The molecule has 0 amide bonds. The van der Waals surface area contributed by atoms with Crippen LogP contribution in [0.2, 0.25) is 0 Å². The molecule has 0 aromatic rings. The molecule has 0 rings (SSSR count). The molecule has 0 atom stereocenters. The van der Waals surface area contributed by atoms with E-state index in [9.17, 15) is 0 Å².